The van der Waals surface area contributed by atoms with Crippen LogP contribution in [0.15, 0.2) is 48.5 Å². The van der Waals surface area contributed by atoms with Crippen LogP contribution in [0.5, 0.6) is 11.5 Å². The fraction of sp³-hybridized carbons (Fsp3) is 0.273. The van der Waals surface area contributed by atoms with E-state index in [0.717, 1.165) is 4.68 Å². The Labute approximate surface area is 192 Å². The number of hydrogen-bond donors (Lipinski definition) is 2. The highest BCUT2D eigenvalue weighted by molar-refractivity contribution is 6.31. The van der Waals surface area contributed by atoms with Crippen molar-refractivity contribution in [1.29, 1.82) is 0 Å². The molecule has 2 heterocycles. The molecule has 174 valence electrons. The summed E-state index contributed by atoms with van der Waals surface area (Å²) in [7, 11) is 2.93. The summed E-state index contributed by atoms with van der Waals surface area (Å²) < 4.78 is 52.8. The highest BCUT2D eigenvalue weighted by atomic mass is 35.5. The van der Waals surface area contributed by atoms with Gasteiger partial charge in [0.05, 0.1) is 25.9 Å². The van der Waals surface area contributed by atoms with Gasteiger partial charge in [0.15, 0.2) is 11.7 Å². The molecule has 0 aliphatic carbocycles. The van der Waals surface area contributed by atoms with Crippen LogP contribution in [0.4, 0.5) is 24.7 Å². The third-order valence-corrected chi connectivity index (χ3v) is 5.59. The molecule has 33 heavy (non-hydrogen) atoms. The number of carbonyl (C=O) groups is 1. The molecule has 1 aliphatic rings. The van der Waals surface area contributed by atoms with Gasteiger partial charge in [-0.2, -0.15) is 18.3 Å². The molecule has 1 aliphatic heterocycles. The van der Waals surface area contributed by atoms with Gasteiger partial charge < -0.3 is 20.1 Å². The zero-order valence-electron chi connectivity index (χ0n) is 17.6. The predicted molar refractivity (Wildman–Crippen MR) is 117 cm³/mol. The number of fused-ring (bicyclic) bond motifs is 1. The standard InChI is InChI=1S/C22H20ClF3N4O3/c1-32-14-6-3-12(4-7-14)15-10-19(22(24,25)26)30-20(27-15)11-17(29-30)21(31)28-16-9-13(23)5-8-18(16)33-2/h3-9,11,15,19,27H,10H2,1-2H3,(H,28,31)/t15-,19-/m0/s1. The van der Waals surface area contributed by atoms with Gasteiger partial charge >= 0.3 is 6.18 Å². The summed E-state index contributed by atoms with van der Waals surface area (Å²) in [5.41, 5.74) is 0.758. The summed E-state index contributed by atoms with van der Waals surface area (Å²) in [4.78, 5) is 12.8. The van der Waals surface area contributed by atoms with Gasteiger partial charge in [0.2, 0.25) is 0 Å². The lowest BCUT2D eigenvalue weighted by Crippen LogP contribution is -2.35. The smallest absolute Gasteiger partial charge is 0.410 e. The van der Waals surface area contributed by atoms with Crippen LogP contribution in [-0.2, 0) is 0 Å². The highest BCUT2D eigenvalue weighted by Crippen LogP contribution is 2.44. The molecule has 1 amide bonds. The SMILES string of the molecule is COc1ccc([C@@H]2C[C@@H](C(F)(F)F)n3nc(C(=O)Nc4cc(Cl)ccc4OC)cc3N2)cc1. The molecular weight excluding hydrogens is 461 g/mol. The van der Waals surface area contributed by atoms with Crippen molar-refractivity contribution in [3.05, 3.63) is 64.8 Å². The first-order chi connectivity index (χ1) is 15.7. The van der Waals surface area contributed by atoms with Gasteiger partial charge in [-0.1, -0.05) is 23.7 Å². The number of carbonyl (C=O) groups excluding carboxylic acids is 1. The van der Waals surface area contributed by atoms with E-state index in [0.29, 0.717) is 22.1 Å². The van der Waals surface area contributed by atoms with Crippen molar-refractivity contribution in [3.63, 3.8) is 0 Å². The van der Waals surface area contributed by atoms with Crippen molar-refractivity contribution in [3.8, 4) is 11.5 Å². The van der Waals surface area contributed by atoms with Crippen LogP contribution in [0.2, 0.25) is 5.02 Å². The molecule has 0 saturated heterocycles. The Bertz CT molecular complexity index is 1160. The van der Waals surface area contributed by atoms with E-state index in [2.05, 4.69) is 15.7 Å². The van der Waals surface area contributed by atoms with Crippen LogP contribution in [0.1, 0.15) is 34.6 Å². The van der Waals surface area contributed by atoms with E-state index >= 15 is 0 Å². The number of alkyl halides is 3. The number of halogens is 4. The number of ether oxygens (including phenoxy) is 2. The molecule has 3 aromatic rings. The minimum Gasteiger partial charge on any atom is -0.497 e. The summed E-state index contributed by atoms with van der Waals surface area (Å²) in [6, 6.07) is 10.2. The maximum Gasteiger partial charge on any atom is 0.410 e. The second-order valence-electron chi connectivity index (χ2n) is 7.42. The average molecular weight is 481 g/mol. The lowest BCUT2D eigenvalue weighted by molar-refractivity contribution is -0.173. The summed E-state index contributed by atoms with van der Waals surface area (Å²) in [6.07, 6.45) is -4.84. The van der Waals surface area contributed by atoms with Crippen LogP contribution >= 0.6 is 11.6 Å². The largest absolute Gasteiger partial charge is 0.497 e. The third kappa shape index (κ3) is 4.70. The van der Waals surface area contributed by atoms with Gasteiger partial charge in [0.25, 0.3) is 5.91 Å². The fourth-order valence-corrected chi connectivity index (χ4v) is 3.88. The van der Waals surface area contributed by atoms with E-state index in [1.807, 2.05) is 0 Å². The minimum atomic E-state index is -4.56. The van der Waals surface area contributed by atoms with Crippen molar-refractivity contribution in [2.24, 2.45) is 0 Å². The van der Waals surface area contributed by atoms with E-state index in [1.165, 1.54) is 26.4 Å². The van der Waals surface area contributed by atoms with Crippen LogP contribution in [0.25, 0.3) is 0 Å². The molecule has 0 spiro atoms. The number of hydrogen-bond acceptors (Lipinski definition) is 5. The van der Waals surface area contributed by atoms with E-state index < -0.39 is 24.2 Å². The van der Waals surface area contributed by atoms with Gasteiger partial charge in [-0.15, -0.1) is 0 Å². The number of aromatic nitrogens is 2. The van der Waals surface area contributed by atoms with Crippen molar-refractivity contribution >= 4 is 29.0 Å². The van der Waals surface area contributed by atoms with E-state index in [1.54, 1.807) is 36.4 Å². The normalized spacial score (nSPS) is 17.6. The first-order valence-electron chi connectivity index (χ1n) is 9.91. The first-order valence-corrected chi connectivity index (χ1v) is 10.3. The zero-order chi connectivity index (χ0) is 23.8. The fourth-order valence-electron chi connectivity index (χ4n) is 3.70. The number of rotatable bonds is 5. The lowest BCUT2D eigenvalue weighted by Gasteiger charge is -2.33. The van der Waals surface area contributed by atoms with Gasteiger partial charge in [0.1, 0.15) is 17.3 Å². The Morgan fingerprint density at radius 3 is 2.52 bits per heavy atom. The van der Waals surface area contributed by atoms with E-state index in [9.17, 15) is 18.0 Å². The van der Waals surface area contributed by atoms with Crippen molar-refractivity contribution in [2.45, 2.75) is 24.7 Å². The van der Waals surface area contributed by atoms with Crippen LogP contribution in [0.3, 0.4) is 0 Å². The quantitative estimate of drug-likeness (QED) is 0.506. The zero-order valence-corrected chi connectivity index (χ0v) is 18.4. The first kappa shape index (κ1) is 22.8. The number of nitrogens with zero attached hydrogens (tertiary/aromatic N) is 2. The minimum absolute atomic E-state index is 0.0904. The molecule has 0 saturated carbocycles. The summed E-state index contributed by atoms with van der Waals surface area (Å²) >= 11 is 5.98. The second kappa shape index (κ2) is 8.86. The van der Waals surface area contributed by atoms with Crippen LogP contribution in [-0.4, -0.2) is 36.1 Å². The Balaban J connectivity index is 1.64. The molecule has 0 unspecified atom stereocenters. The third-order valence-electron chi connectivity index (χ3n) is 5.35. The van der Waals surface area contributed by atoms with Crippen molar-refractivity contribution < 1.29 is 27.4 Å². The summed E-state index contributed by atoms with van der Waals surface area (Å²) in [6.45, 7) is 0. The monoisotopic (exact) mass is 480 g/mol. The number of amides is 1. The summed E-state index contributed by atoms with van der Waals surface area (Å²) in [5.74, 6) is 0.346. The molecular formula is C22H20ClF3N4O3. The van der Waals surface area contributed by atoms with E-state index in [-0.39, 0.29) is 23.6 Å². The Morgan fingerprint density at radius 1 is 1.15 bits per heavy atom. The molecule has 2 atom stereocenters. The summed E-state index contributed by atoms with van der Waals surface area (Å²) in [5, 5.41) is 9.96. The molecule has 0 bridgehead atoms. The average Bonchev–Trinajstić information content (AvgIpc) is 3.22. The highest BCUT2D eigenvalue weighted by Gasteiger charge is 2.46. The predicted octanol–water partition coefficient (Wildman–Crippen LogP) is 5.47. The number of anilines is 2. The molecule has 2 aromatic carbocycles. The topological polar surface area (TPSA) is 77.4 Å². The van der Waals surface area contributed by atoms with Crippen LogP contribution in [0, 0.1) is 0 Å². The maximum atomic E-state index is 13.9. The van der Waals surface area contributed by atoms with Crippen molar-refractivity contribution in [1.82, 2.24) is 9.78 Å². The van der Waals surface area contributed by atoms with E-state index in [4.69, 9.17) is 21.1 Å². The van der Waals surface area contributed by atoms with Crippen molar-refractivity contribution in [2.75, 3.05) is 24.9 Å². The van der Waals surface area contributed by atoms with Gasteiger partial charge in [-0.3, -0.25) is 4.79 Å². The van der Waals surface area contributed by atoms with Gasteiger partial charge in [-0.05, 0) is 35.9 Å². The number of nitrogens with one attached hydrogen (secondary N) is 2. The molecule has 11 heteroatoms. The molecule has 0 radical (unpaired) electrons. The Morgan fingerprint density at radius 2 is 1.88 bits per heavy atom. The Hall–Kier alpha value is -3.40. The lowest BCUT2D eigenvalue weighted by atomic mass is 9.97. The molecule has 2 N–H and O–H groups in total. The maximum absolute atomic E-state index is 13.9. The second-order valence-corrected chi connectivity index (χ2v) is 7.86. The molecule has 0 fully saturated rings. The van der Waals surface area contributed by atoms with Gasteiger partial charge in [-0.25, -0.2) is 4.68 Å². The Kier molecular flexibility index (Phi) is 6.11. The molecule has 4 rings (SSSR count). The van der Waals surface area contributed by atoms with Gasteiger partial charge in [0, 0.05) is 17.5 Å². The number of benzene rings is 2. The molecule has 7 nitrogen and oxygen atoms in total. The van der Waals surface area contributed by atoms with Crippen LogP contribution < -0.4 is 20.1 Å². The molecule has 1 aromatic heterocycles. The number of methoxy groups -OCH3 is 2.